The fraction of sp³-hybridized carbons (Fsp3) is 0.417. The average molecular weight is 390 g/mol. The first kappa shape index (κ1) is 18.2. The minimum absolute atomic E-state index is 0.166. The number of amides is 1. The molecule has 1 aliphatic carbocycles. The summed E-state index contributed by atoms with van der Waals surface area (Å²) in [6.07, 6.45) is 5.59. The summed E-state index contributed by atoms with van der Waals surface area (Å²) in [7, 11) is 0. The summed E-state index contributed by atoms with van der Waals surface area (Å²) in [4.78, 5) is 25.7. The summed E-state index contributed by atoms with van der Waals surface area (Å²) >= 11 is 0. The van der Waals surface area contributed by atoms with E-state index in [0.29, 0.717) is 25.5 Å². The van der Waals surface area contributed by atoms with E-state index in [1.165, 1.54) is 5.56 Å². The van der Waals surface area contributed by atoms with E-state index in [2.05, 4.69) is 29.6 Å². The third-order valence-electron chi connectivity index (χ3n) is 6.25. The van der Waals surface area contributed by atoms with Crippen LogP contribution in [0.3, 0.4) is 0 Å². The molecule has 1 atom stereocenters. The highest BCUT2D eigenvalue weighted by molar-refractivity contribution is 5.98. The van der Waals surface area contributed by atoms with Gasteiger partial charge in [-0.05, 0) is 42.9 Å². The van der Waals surface area contributed by atoms with Crippen LogP contribution in [0.25, 0.3) is 0 Å². The Bertz CT molecular complexity index is 951. The van der Waals surface area contributed by atoms with Crippen molar-refractivity contribution in [1.29, 1.82) is 0 Å². The van der Waals surface area contributed by atoms with Crippen molar-refractivity contribution in [3.05, 3.63) is 53.1 Å². The molecule has 0 aromatic heterocycles. The van der Waals surface area contributed by atoms with Gasteiger partial charge in [0.05, 0.1) is 12.3 Å². The third kappa shape index (κ3) is 3.50. The Morgan fingerprint density at radius 2 is 2.14 bits per heavy atom. The molecule has 3 aliphatic rings. The van der Waals surface area contributed by atoms with E-state index < -0.39 is 0 Å². The molecule has 2 aliphatic heterocycles. The van der Waals surface area contributed by atoms with Crippen LogP contribution >= 0.6 is 0 Å². The average Bonchev–Trinajstić information content (AvgIpc) is 3.53. The molecule has 5 heteroatoms. The molecule has 150 valence electrons. The number of ether oxygens (including phenoxy) is 1. The second-order valence-corrected chi connectivity index (χ2v) is 8.31. The van der Waals surface area contributed by atoms with E-state index >= 15 is 0 Å². The Kier molecular flexibility index (Phi) is 4.74. The fourth-order valence-corrected chi connectivity index (χ4v) is 4.54. The first-order valence-electron chi connectivity index (χ1n) is 10.6. The summed E-state index contributed by atoms with van der Waals surface area (Å²) < 4.78 is 5.78. The molecule has 0 radical (unpaired) electrons. The highest BCUT2D eigenvalue weighted by Crippen LogP contribution is 2.39. The van der Waals surface area contributed by atoms with Gasteiger partial charge >= 0.3 is 0 Å². The lowest BCUT2D eigenvalue weighted by molar-refractivity contribution is -0.119. The van der Waals surface area contributed by atoms with Crippen LogP contribution in [0.2, 0.25) is 0 Å². The van der Waals surface area contributed by atoms with Crippen molar-refractivity contribution in [2.45, 2.75) is 44.6 Å². The third-order valence-corrected chi connectivity index (χ3v) is 6.25. The minimum atomic E-state index is 0.166. The van der Waals surface area contributed by atoms with Crippen LogP contribution in [0.4, 0.5) is 11.4 Å². The number of nitrogens with zero attached hydrogens (tertiary/aromatic N) is 1. The molecule has 2 heterocycles. The first-order valence-corrected chi connectivity index (χ1v) is 10.6. The molecule has 1 amide bonds. The zero-order valence-corrected chi connectivity index (χ0v) is 16.5. The van der Waals surface area contributed by atoms with Crippen LogP contribution in [0.1, 0.15) is 48.3 Å². The number of aldehydes is 1. The molecule has 1 N–H and O–H groups in total. The van der Waals surface area contributed by atoms with Crippen molar-refractivity contribution in [3.63, 3.8) is 0 Å². The second-order valence-electron chi connectivity index (χ2n) is 8.31. The fourth-order valence-electron chi connectivity index (χ4n) is 4.54. The summed E-state index contributed by atoms with van der Waals surface area (Å²) in [6.45, 7) is 2.06. The molecule has 0 saturated heterocycles. The van der Waals surface area contributed by atoms with Crippen molar-refractivity contribution in [2.75, 3.05) is 23.4 Å². The zero-order valence-electron chi connectivity index (χ0n) is 16.5. The van der Waals surface area contributed by atoms with Gasteiger partial charge < -0.3 is 19.7 Å². The number of fused-ring (bicyclic) bond motifs is 2. The predicted octanol–water partition coefficient (Wildman–Crippen LogP) is 4.05. The Labute approximate surface area is 171 Å². The van der Waals surface area contributed by atoms with E-state index in [1.807, 2.05) is 17.0 Å². The number of anilines is 2. The molecule has 0 bridgehead atoms. The van der Waals surface area contributed by atoms with E-state index in [1.54, 1.807) is 0 Å². The number of rotatable bonds is 6. The summed E-state index contributed by atoms with van der Waals surface area (Å²) in [5.41, 5.74) is 5.66. The molecule has 0 spiro atoms. The maximum atomic E-state index is 12.8. The lowest BCUT2D eigenvalue weighted by Crippen LogP contribution is -2.37. The largest absolute Gasteiger partial charge is 0.493 e. The van der Waals surface area contributed by atoms with Crippen molar-refractivity contribution < 1.29 is 14.3 Å². The lowest BCUT2D eigenvalue weighted by atomic mass is 9.96. The SMILES string of the molecule is O=CCC1COc2cc(NCc3cccc4c3N(C(=O)C3CC3)CCC4)ccc21. The maximum Gasteiger partial charge on any atom is 0.230 e. The maximum absolute atomic E-state index is 12.8. The van der Waals surface area contributed by atoms with E-state index in [4.69, 9.17) is 4.74 Å². The summed E-state index contributed by atoms with van der Waals surface area (Å²) in [5, 5.41) is 3.50. The van der Waals surface area contributed by atoms with Gasteiger partial charge in [0.15, 0.2) is 0 Å². The van der Waals surface area contributed by atoms with Crippen LogP contribution in [-0.2, 0) is 22.6 Å². The smallest absolute Gasteiger partial charge is 0.230 e. The minimum Gasteiger partial charge on any atom is -0.493 e. The second kappa shape index (κ2) is 7.54. The van der Waals surface area contributed by atoms with Gasteiger partial charge in [-0.1, -0.05) is 24.3 Å². The summed E-state index contributed by atoms with van der Waals surface area (Å²) in [5.74, 6) is 1.56. The number of benzene rings is 2. The van der Waals surface area contributed by atoms with Crippen LogP contribution < -0.4 is 15.0 Å². The van der Waals surface area contributed by atoms with Crippen LogP contribution in [0.5, 0.6) is 5.75 Å². The van der Waals surface area contributed by atoms with Gasteiger partial charge in [-0.2, -0.15) is 0 Å². The topological polar surface area (TPSA) is 58.6 Å². The molecule has 2 aromatic carbocycles. The lowest BCUT2D eigenvalue weighted by Gasteiger charge is -2.32. The highest BCUT2D eigenvalue weighted by atomic mass is 16.5. The van der Waals surface area contributed by atoms with Gasteiger partial charge in [0.2, 0.25) is 5.91 Å². The van der Waals surface area contributed by atoms with Crippen molar-refractivity contribution in [3.8, 4) is 5.75 Å². The molecule has 29 heavy (non-hydrogen) atoms. The van der Waals surface area contributed by atoms with E-state index in [9.17, 15) is 9.59 Å². The molecular weight excluding hydrogens is 364 g/mol. The van der Waals surface area contributed by atoms with Gasteiger partial charge in [0, 0.05) is 48.7 Å². The monoisotopic (exact) mass is 390 g/mol. The number of hydrogen-bond acceptors (Lipinski definition) is 4. The van der Waals surface area contributed by atoms with Crippen molar-refractivity contribution in [1.82, 2.24) is 0 Å². The number of hydrogen-bond donors (Lipinski definition) is 1. The normalized spacial score (nSPS) is 19.9. The van der Waals surface area contributed by atoms with Gasteiger partial charge in [-0.15, -0.1) is 0 Å². The van der Waals surface area contributed by atoms with E-state index in [0.717, 1.165) is 66.8 Å². The number of nitrogens with one attached hydrogen (secondary N) is 1. The number of carbonyl (C=O) groups excluding carboxylic acids is 2. The highest BCUT2D eigenvalue weighted by Gasteiger charge is 2.36. The van der Waals surface area contributed by atoms with Crippen molar-refractivity contribution in [2.24, 2.45) is 5.92 Å². The van der Waals surface area contributed by atoms with Crippen LogP contribution in [0.15, 0.2) is 36.4 Å². The molecule has 1 unspecified atom stereocenters. The molecule has 1 saturated carbocycles. The van der Waals surface area contributed by atoms with E-state index in [-0.39, 0.29) is 11.8 Å². The standard InChI is InChI=1S/C24H26N2O3/c27-12-10-19-15-29-22-13-20(8-9-21(19)22)25-14-18-4-1-3-16-5-2-11-26(23(16)18)24(28)17-6-7-17/h1,3-4,8-9,12-13,17,19,25H,2,5-7,10-11,14-15H2. The molecule has 5 rings (SSSR count). The van der Waals surface area contributed by atoms with Gasteiger partial charge in [-0.3, -0.25) is 4.79 Å². The Morgan fingerprint density at radius 3 is 2.97 bits per heavy atom. The molecular formula is C24H26N2O3. The van der Waals surface area contributed by atoms with Crippen LogP contribution in [-0.4, -0.2) is 25.3 Å². The Hall–Kier alpha value is -2.82. The molecule has 2 aromatic rings. The van der Waals surface area contributed by atoms with Gasteiger partial charge in [0.1, 0.15) is 12.0 Å². The summed E-state index contributed by atoms with van der Waals surface area (Å²) in [6, 6.07) is 12.5. The van der Waals surface area contributed by atoms with Gasteiger partial charge in [-0.25, -0.2) is 0 Å². The predicted molar refractivity (Wildman–Crippen MR) is 113 cm³/mol. The number of para-hydroxylation sites is 1. The quantitative estimate of drug-likeness (QED) is 0.756. The van der Waals surface area contributed by atoms with Gasteiger partial charge in [0.25, 0.3) is 0 Å². The molecule has 1 fully saturated rings. The number of carbonyl (C=O) groups is 2. The Morgan fingerprint density at radius 1 is 1.24 bits per heavy atom. The molecule has 5 nitrogen and oxygen atoms in total. The zero-order chi connectivity index (χ0) is 19.8. The Balaban J connectivity index is 1.36. The van der Waals surface area contributed by atoms with Crippen molar-refractivity contribution >= 4 is 23.6 Å². The first-order chi connectivity index (χ1) is 14.2. The van der Waals surface area contributed by atoms with Crippen LogP contribution in [0, 0.1) is 5.92 Å². The number of aryl methyl sites for hydroxylation is 1.